The Kier molecular flexibility index (Phi) is 1.78. The third-order valence-electron chi connectivity index (χ3n) is 2.82. The molecule has 2 heterocycles. The van der Waals surface area contributed by atoms with Gasteiger partial charge in [-0.05, 0) is 12.8 Å². The Morgan fingerprint density at radius 1 is 1.46 bits per heavy atom. The van der Waals surface area contributed by atoms with Gasteiger partial charge in [-0.2, -0.15) is 13.2 Å². The summed E-state index contributed by atoms with van der Waals surface area (Å²) in [7, 11) is 0. The molecule has 13 heavy (non-hydrogen) atoms. The molecule has 2 atom stereocenters. The molecule has 1 amide bonds. The van der Waals surface area contributed by atoms with Crippen LogP contribution in [0.25, 0.3) is 0 Å². The van der Waals surface area contributed by atoms with Crippen LogP contribution in [0.2, 0.25) is 0 Å². The average Bonchev–Trinajstić information content (AvgIpc) is 2.42. The van der Waals surface area contributed by atoms with Gasteiger partial charge in [-0.3, -0.25) is 4.79 Å². The Bertz CT molecular complexity index is 238. The van der Waals surface area contributed by atoms with Crippen molar-refractivity contribution < 1.29 is 18.0 Å². The van der Waals surface area contributed by atoms with Crippen LogP contribution in [0.15, 0.2) is 0 Å². The number of hydrogen-bond acceptors (Lipinski definition) is 1. The van der Waals surface area contributed by atoms with Gasteiger partial charge in [0.15, 0.2) is 0 Å². The molecule has 74 valence electrons. The van der Waals surface area contributed by atoms with E-state index in [1.807, 2.05) is 0 Å². The van der Waals surface area contributed by atoms with Crippen molar-refractivity contribution in [2.75, 3.05) is 6.54 Å². The highest BCUT2D eigenvalue weighted by Crippen LogP contribution is 2.41. The number of carbonyl (C=O) groups excluding carboxylic acids is 1. The first kappa shape index (κ1) is 8.84. The van der Waals surface area contributed by atoms with E-state index in [9.17, 15) is 18.0 Å². The first-order valence-electron chi connectivity index (χ1n) is 4.36. The minimum atomic E-state index is -4.20. The van der Waals surface area contributed by atoms with Crippen molar-refractivity contribution >= 4 is 5.91 Å². The second-order valence-electron chi connectivity index (χ2n) is 3.67. The van der Waals surface area contributed by atoms with Crippen LogP contribution in [0.5, 0.6) is 0 Å². The molecule has 0 bridgehead atoms. The Morgan fingerprint density at radius 2 is 2.15 bits per heavy atom. The van der Waals surface area contributed by atoms with E-state index < -0.39 is 18.5 Å². The predicted octanol–water partition coefficient (Wildman–Crippen LogP) is 1.56. The van der Waals surface area contributed by atoms with E-state index in [0.717, 1.165) is 12.8 Å². The molecule has 0 aromatic heterocycles. The van der Waals surface area contributed by atoms with Crippen molar-refractivity contribution in [3.8, 4) is 0 Å². The number of hydrogen-bond donors (Lipinski definition) is 0. The van der Waals surface area contributed by atoms with Gasteiger partial charge in [-0.1, -0.05) is 0 Å². The summed E-state index contributed by atoms with van der Waals surface area (Å²) in [4.78, 5) is 12.7. The zero-order valence-electron chi connectivity index (χ0n) is 6.97. The fourth-order valence-corrected chi connectivity index (χ4v) is 2.25. The number of halogens is 3. The van der Waals surface area contributed by atoms with Crippen LogP contribution in [0, 0.1) is 5.92 Å². The second-order valence-corrected chi connectivity index (χ2v) is 3.67. The summed E-state index contributed by atoms with van der Waals surface area (Å²) in [6, 6.07) is -0.117. The summed E-state index contributed by atoms with van der Waals surface area (Å²) in [5.74, 6) is -1.08. The molecule has 0 aromatic carbocycles. The molecule has 2 saturated heterocycles. The van der Waals surface area contributed by atoms with Crippen molar-refractivity contribution in [1.82, 2.24) is 4.90 Å². The Morgan fingerprint density at radius 3 is 2.77 bits per heavy atom. The molecule has 5 heteroatoms. The van der Waals surface area contributed by atoms with Crippen LogP contribution in [-0.4, -0.2) is 29.6 Å². The molecule has 0 N–H and O–H groups in total. The molecule has 2 unspecified atom stereocenters. The molecular weight excluding hydrogens is 183 g/mol. The monoisotopic (exact) mass is 193 g/mol. The number of alkyl halides is 3. The third-order valence-corrected chi connectivity index (χ3v) is 2.82. The van der Waals surface area contributed by atoms with Gasteiger partial charge in [-0.25, -0.2) is 0 Å². The molecule has 2 aliphatic heterocycles. The van der Waals surface area contributed by atoms with E-state index in [1.165, 1.54) is 0 Å². The molecule has 0 aromatic rings. The SMILES string of the molecule is O=C1C(CC(F)(F)F)C2CCCN12. The summed E-state index contributed by atoms with van der Waals surface area (Å²) >= 11 is 0. The maximum Gasteiger partial charge on any atom is 0.389 e. The van der Waals surface area contributed by atoms with Crippen molar-refractivity contribution in [3.63, 3.8) is 0 Å². The quantitative estimate of drug-likeness (QED) is 0.579. The minimum absolute atomic E-state index is 0.117. The number of β-lactam (4-membered cyclic amide) rings is 1. The number of rotatable bonds is 1. The standard InChI is InChI=1S/C8H10F3NO/c9-8(10,11)4-5-6-2-1-3-12(6)7(5)13/h5-6H,1-4H2. The highest BCUT2D eigenvalue weighted by Gasteiger charge is 2.53. The van der Waals surface area contributed by atoms with Crippen molar-refractivity contribution in [2.45, 2.75) is 31.5 Å². The van der Waals surface area contributed by atoms with E-state index in [0.29, 0.717) is 6.54 Å². The molecule has 2 nitrogen and oxygen atoms in total. The number of amides is 1. The third kappa shape index (κ3) is 1.40. The number of carbonyl (C=O) groups is 1. The second kappa shape index (κ2) is 2.62. The maximum absolute atomic E-state index is 12.0. The number of fused-ring (bicyclic) bond motifs is 1. The van der Waals surface area contributed by atoms with E-state index in [1.54, 1.807) is 4.90 Å². The van der Waals surface area contributed by atoms with Crippen LogP contribution in [-0.2, 0) is 4.79 Å². The van der Waals surface area contributed by atoms with Gasteiger partial charge in [0, 0.05) is 12.6 Å². The topological polar surface area (TPSA) is 20.3 Å². The summed E-state index contributed by atoms with van der Waals surface area (Å²) in [6.07, 6.45) is -3.54. The van der Waals surface area contributed by atoms with Gasteiger partial charge in [0.25, 0.3) is 0 Å². The Balaban J connectivity index is 1.98. The Labute approximate surface area is 73.7 Å². The van der Waals surface area contributed by atoms with Crippen LogP contribution in [0.4, 0.5) is 13.2 Å². The first-order chi connectivity index (χ1) is 5.99. The van der Waals surface area contributed by atoms with Gasteiger partial charge in [0.05, 0.1) is 12.3 Å². The molecule has 0 saturated carbocycles. The molecule has 0 spiro atoms. The van der Waals surface area contributed by atoms with Gasteiger partial charge >= 0.3 is 6.18 Å². The fourth-order valence-electron chi connectivity index (χ4n) is 2.25. The number of nitrogens with zero attached hydrogens (tertiary/aromatic N) is 1. The van der Waals surface area contributed by atoms with Crippen molar-refractivity contribution in [2.24, 2.45) is 5.92 Å². The van der Waals surface area contributed by atoms with E-state index >= 15 is 0 Å². The lowest BCUT2D eigenvalue weighted by atomic mass is 9.85. The molecule has 2 aliphatic rings. The normalized spacial score (nSPS) is 33.2. The van der Waals surface area contributed by atoms with E-state index in [-0.39, 0.29) is 11.9 Å². The lowest BCUT2D eigenvalue weighted by molar-refractivity contribution is -0.179. The van der Waals surface area contributed by atoms with Crippen LogP contribution >= 0.6 is 0 Å². The zero-order valence-corrected chi connectivity index (χ0v) is 6.97. The smallest absolute Gasteiger partial charge is 0.339 e. The average molecular weight is 193 g/mol. The molecule has 2 rings (SSSR count). The largest absolute Gasteiger partial charge is 0.389 e. The summed E-state index contributed by atoms with van der Waals surface area (Å²) in [5.41, 5.74) is 0. The van der Waals surface area contributed by atoms with Gasteiger partial charge < -0.3 is 4.90 Å². The fraction of sp³-hybridized carbons (Fsp3) is 0.875. The van der Waals surface area contributed by atoms with Gasteiger partial charge in [-0.15, -0.1) is 0 Å². The Hall–Kier alpha value is -0.740. The summed E-state index contributed by atoms with van der Waals surface area (Å²) < 4.78 is 36.0. The van der Waals surface area contributed by atoms with E-state index in [2.05, 4.69) is 0 Å². The molecule has 0 aliphatic carbocycles. The summed E-state index contributed by atoms with van der Waals surface area (Å²) in [6.45, 7) is 0.651. The van der Waals surface area contributed by atoms with Crippen LogP contribution < -0.4 is 0 Å². The van der Waals surface area contributed by atoms with Gasteiger partial charge in [0.1, 0.15) is 0 Å². The lowest BCUT2D eigenvalue weighted by Crippen LogP contribution is -2.58. The highest BCUT2D eigenvalue weighted by molar-refractivity contribution is 5.86. The van der Waals surface area contributed by atoms with Crippen LogP contribution in [0.1, 0.15) is 19.3 Å². The maximum atomic E-state index is 12.0. The van der Waals surface area contributed by atoms with Crippen LogP contribution in [0.3, 0.4) is 0 Å². The van der Waals surface area contributed by atoms with Gasteiger partial charge in [0.2, 0.25) is 5.91 Å². The minimum Gasteiger partial charge on any atom is -0.339 e. The lowest BCUT2D eigenvalue weighted by Gasteiger charge is -2.42. The van der Waals surface area contributed by atoms with E-state index in [4.69, 9.17) is 0 Å². The molecule has 2 fully saturated rings. The highest BCUT2D eigenvalue weighted by atomic mass is 19.4. The molecular formula is C8H10F3NO. The summed E-state index contributed by atoms with van der Waals surface area (Å²) in [5, 5.41) is 0. The van der Waals surface area contributed by atoms with Crippen molar-refractivity contribution in [1.29, 1.82) is 0 Å². The molecule has 0 radical (unpaired) electrons. The zero-order chi connectivity index (χ0) is 9.64. The first-order valence-corrected chi connectivity index (χ1v) is 4.36. The predicted molar refractivity (Wildman–Crippen MR) is 38.9 cm³/mol. The van der Waals surface area contributed by atoms with Crippen molar-refractivity contribution in [3.05, 3.63) is 0 Å².